The quantitative estimate of drug-likeness (QED) is 0.363. The largest absolute Gasteiger partial charge is 0.367 e. The van der Waals surface area contributed by atoms with Crippen molar-refractivity contribution in [2.75, 3.05) is 23.7 Å². The van der Waals surface area contributed by atoms with Crippen LogP contribution in [0.1, 0.15) is 37.7 Å². The second-order valence-electron chi connectivity index (χ2n) is 9.04. The van der Waals surface area contributed by atoms with Crippen LogP contribution in [0.15, 0.2) is 36.8 Å². The summed E-state index contributed by atoms with van der Waals surface area (Å²) in [6.07, 6.45) is 10.6. The van der Waals surface area contributed by atoms with Gasteiger partial charge in [0, 0.05) is 48.7 Å². The standard InChI is InChI=1S/C24H29ClN8O/c25-22-21-17(7-9-27-22)3-6-20(33-21)32-18-4-1-15(2-5-18)11-29-24-30-13-16(14-31-24)12-28-23(34)19-8-10-26-19/h3,6-7,9,13-15,18-19,26H,1-2,4-5,8,10-12H2,(H,28,34)(H,32,33)(H,29,30,31)/t15-,18-,19?. The fourth-order valence-electron chi connectivity index (χ4n) is 4.41. The van der Waals surface area contributed by atoms with Crippen LogP contribution in [0.2, 0.25) is 5.15 Å². The summed E-state index contributed by atoms with van der Waals surface area (Å²) in [6.45, 7) is 2.21. The van der Waals surface area contributed by atoms with Crippen LogP contribution >= 0.6 is 11.6 Å². The smallest absolute Gasteiger partial charge is 0.237 e. The third-order valence-corrected chi connectivity index (χ3v) is 6.90. The van der Waals surface area contributed by atoms with E-state index in [1.165, 1.54) is 0 Å². The lowest BCUT2D eigenvalue weighted by molar-refractivity contribution is -0.124. The van der Waals surface area contributed by atoms with Gasteiger partial charge in [-0.2, -0.15) is 0 Å². The lowest BCUT2D eigenvalue weighted by atomic mass is 9.86. The first kappa shape index (κ1) is 22.7. The summed E-state index contributed by atoms with van der Waals surface area (Å²) < 4.78 is 0. The van der Waals surface area contributed by atoms with Gasteiger partial charge in [0.05, 0.1) is 6.04 Å². The second kappa shape index (κ2) is 10.5. The van der Waals surface area contributed by atoms with Crippen LogP contribution < -0.4 is 21.3 Å². The van der Waals surface area contributed by atoms with Crippen LogP contribution in [0, 0.1) is 5.92 Å². The summed E-state index contributed by atoms with van der Waals surface area (Å²) in [5.41, 5.74) is 1.62. The molecule has 2 aliphatic rings. The first-order valence-electron chi connectivity index (χ1n) is 11.9. The van der Waals surface area contributed by atoms with Crippen molar-refractivity contribution in [1.82, 2.24) is 30.6 Å². The number of aromatic nitrogens is 4. The fourth-order valence-corrected chi connectivity index (χ4v) is 4.62. The molecule has 1 aliphatic carbocycles. The first-order chi connectivity index (χ1) is 16.6. The molecule has 9 nitrogen and oxygen atoms in total. The van der Waals surface area contributed by atoms with Crippen molar-refractivity contribution in [3.8, 4) is 0 Å². The number of pyridine rings is 2. The zero-order valence-electron chi connectivity index (χ0n) is 18.9. The molecule has 4 N–H and O–H groups in total. The Hall–Kier alpha value is -3.04. The van der Waals surface area contributed by atoms with Crippen LogP contribution in [0.5, 0.6) is 0 Å². The van der Waals surface area contributed by atoms with E-state index in [1.54, 1.807) is 18.6 Å². The van der Waals surface area contributed by atoms with Crippen molar-refractivity contribution in [3.05, 3.63) is 47.5 Å². The van der Waals surface area contributed by atoms with Gasteiger partial charge in [0.1, 0.15) is 11.3 Å². The maximum absolute atomic E-state index is 11.9. The highest BCUT2D eigenvalue weighted by molar-refractivity contribution is 6.33. The number of carbonyl (C=O) groups excluding carboxylic acids is 1. The summed E-state index contributed by atoms with van der Waals surface area (Å²) in [4.78, 5) is 29.5. The first-order valence-corrected chi connectivity index (χ1v) is 12.3. The lowest BCUT2D eigenvalue weighted by Gasteiger charge is -2.29. The van der Waals surface area contributed by atoms with Crippen LogP contribution in [0.3, 0.4) is 0 Å². The maximum atomic E-state index is 11.9. The molecule has 34 heavy (non-hydrogen) atoms. The zero-order chi connectivity index (χ0) is 23.3. The minimum Gasteiger partial charge on any atom is -0.367 e. The maximum Gasteiger partial charge on any atom is 0.237 e. The molecule has 1 amide bonds. The van der Waals surface area contributed by atoms with Crippen molar-refractivity contribution in [2.45, 2.75) is 50.7 Å². The molecular formula is C24H29ClN8O. The molecule has 0 bridgehead atoms. The molecule has 1 unspecified atom stereocenters. The Morgan fingerprint density at radius 1 is 1.06 bits per heavy atom. The molecule has 5 rings (SSSR count). The van der Waals surface area contributed by atoms with E-state index in [2.05, 4.69) is 41.2 Å². The number of nitrogens with zero attached hydrogens (tertiary/aromatic N) is 4. The van der Waals surface area contributed by atoms with E-state index < -0.39 is 0 Å². The van der Waals surface area contributed by atoms with Gasteiger partial charge in [-0.15, -0.1) is 0 Å². The molecule has 0 aromatic carbocycles. The Morgan fingerprint density at radius 2 is 1.85 bits per heavy atom. The SMILES string of the molecule is O=C(NCc1cnc(NC[C@H]2CC[C@H](Nc3ccc4ccnc(Cl)c4n3)CC2)nc1)C1CCN1. The molecule has 3 aromatic rings. The highest BCUT2D eigenvalue weighted by Crippen LogP contribution is 2.27. The van der Waals surface area contributed by atoms with Crippen molar-refractivity contribution >= 4 is 40.2 Å². The van der Waals surface area contributed by atoms with Gasteiger partial charge in [0.2, 0.25) is 11.9 Å². The summed E-state index contributed by atoms with van der Waals surface area (Å²) in [5, 5.41) is 14.4. The average Bonchev–Trinajstić information content (AvgIpc) is 2.82. The molecule has 10 heteroatoms. The van der Waals surface area contributed by atoms with Gasteiger partial charge in [-0.1, -0.05) is 11.6 Å². The number of hydrogen-bond acceptors (Lipinski definition) is 8. The number of halogens is 1. The van der Waals surface area contributed by atoms with Crippen LogP contribution in [-0.2, 0) is 11.3 Å². The minimum absolute atomic E-state index is 0.0377. The molecule has 0 radical (unpaired) electrons. The topological polar surface area (TPSA) is 117 Å². The Labute approximate surface area is 203 Å². The summed E-state index contributed by atoms with van der Waals surface area (Å²) >= 11 is 6.19. The third-order valence-electron chi connectivity index (χ3n) is 6.62. The number of rotatable bonds is 8. The molecule has 4 heterocycles. The molecular weight excluding hydrogens is 452 g/mol. The van der Waals surface area contributed by atoms with E-state index >= 15 is 0 Å². The Kier molecular flexibility index (Phi) is 7.01. The Morgan fingerprint density at radius 3 is 2.59 bits per heavy atom. The average molecular weight is 481 g/mol. The summed E-state index contributed by atoms with van der Waals surface area (Å²) in [7, 11) is 0. The van der Waals surface area contributed by atoms with Crippen LogP contribution in [0.4, 0.5) is 11.8 Å². The molecule has 178 valence electrons. The number of nitrogens with one attached hydrogen (secondary N) is 4. The van der Waals surface area contributed by atoms with E-state index in [4.69, 9.17) is 11.6 Å². The van der Waals surface area contributed by atoms with Gasteiger partial charge in [-0.05, 0) is 62.8 Å². The van der Waals surface area contributed by atoms with Gasteiger partial charge in [-0.25, -0.2) is 19.9 Å². The number of amides is 1. The van der Waals surface area contributed by atoms with Gasteiger partial charge in [0.15, 0.2) is 5.15 Å². The Bertz CT molecular complexity index is 1130. The van der Waals surface area contributed by atoms with E-state index in [1.807, 2.05) is 18.2 Å². The van der Waals surface area contributed by atoms with Crippen molar-refractivity contribution in [2.24, 2.45) is 5.92 Å². The third kappa shape index (κ3) is 5.53. The number of anilines is 2. The molecule has 0 spiro atoms. The lowest BCUT2D eigenvalue weighted by Crippen LogP contribution is -2.52. The van der Waals surface area contributed by atoms with Gasteiger partial charge in [-0.3, -0.25) is 4.79 Å². The van der Waals surface area contributed by atoms with E-state index in [0.717, 1.165) is 67.5 Å². The van der Waals surface area contributed by atoms with Crippen molar-refractivity contribution in [3.63, 3.8) is 0 Å². The van der Waals surface area contributed by atoms with E-state index in [-0.39, 0.29) is 11.9 Å². The van der Waals surface area contributed by atoms with E-state index in [9.17, 15) is 4.79 Å². The summed E-state index contributed by atoms with van der Waals surface area (Å²) in [5.74, 6) is 2.09. The molecule has 1 saturated heterocycles. The van der Waals surface area contributed by atoms with E-state index in [0.29, 0.717) is 29.6 Å². The summed E-state index contributed by atoms with van der Waals surface area (Å²) in [6, 6.07) is 6.30. The Balaban J connectivity index is 1.04. The van der Waals surface area contributed by atoms with Gasteiger partial charge in [0.25, 0.3) is 0 Å². The van der Waals surface area contributed by atoms with Crippen molar-refractivity contribution < 1.29 is 4.79 Å². The number of carbonyl (C=O) groups is 1. The molecule has 1 atom stereocenters. The predicted octanol–water partition coefficient (Wildman–Crippen LogP) is 3.13. The number of hydrogen-bond donors (Lipinski definition) is 4. The molecule has 2 fully saturated rings. The highest BCUT2D eigenvalue weighted by atomic mass is 35.5. The second-order valence-corrected chi connectivity index (χ2v) is 9.40. The van der Waals surface area contributed by atoms with Gasteiger partial charge < -0.3 is 21.3 Å². The van der Waals surface area contributed by atoms with Crippen LogP contribution in [0.25, 0.3) is 10.9 Å². The minimum atomic E-state index is -0.0493. The number of fused-ring (bicyclic) bond motifs is 1. The molecule has 3 aromatic heterocycles. The van der Waals surface area contributed by atoms with Crippen molar-refractivity contribution in [1.29, 1.82) is 0 Å². The fraction of sp³-hybridized carbons (Fsp3) is 0.458. The zero-order valence-corrected chi connectivity index (χ0v) is 19.7. The predicted molar refractivity (Wildman–Crippen MR) is 133 cm³/mol. The normalized spacial score (nSPS) is 22.1. The highest BCUT2D eigenvalue weighted by Gasteiger charge is 2.24. The monoisotopic (exact) mass is 480 g/mol. The molecule has 1 aliphatic heterocycles. The van der Waals surface area contributed by atoms with Gasteiger partial charge >= 0.3 is 0 Å². The molecule has 1 saturated carbocycles. The van der Waals surface area contributed by atoms with Crippen LogP contribution in [-0.4, -0.2) is 51.0 Å².